The smallest absolute Gasteiger partial charge is 0.271 e. The van der Waals surface area contributed by atoms with E-state index in [2.05, 4.69) is 67.5 Å². The lowest BCUT2D eigenvalue weighted by Crippen LogP contribution is -2.57. The van der Waals surface area contributed by atoms with Crippen molar-refractivity contribution in [1.82, 2.24) is 67.5 Å². The molecule has 1 unspecified atom stereocenters. The molecule has 0 fully saturated rings. The van der Waals surface area contributed by atoms with Crippen LogP contribution in [0.1, 0.15) is 100.0 Å². The number of thiazole rings is 2. The molecule has 0 aliphatic rings. The number of rotatable bonds is 40. The molecule has 0 spiro atoms. The number of hydrogen-bond donors (Lipinski definition) is 15. The maximum Gasteiger partial charge on any atom is 0.271 e. The number of carbonyl (C=O) groups excluding carboxylic acids is 7. The van der Waals surface area contributed by atoms with Crippen molar-refractivity contribution in [2.75, 3.05) is 70.1 Å². The molecule has 27 nitrogen and oxygen atoms in total. The molecule has 90 heavy (non-hydrogen) atoms. The molecule has 4 heterocycles. The fourth-order valence-corrected chi connectivity index (χ4v) is 12.1. The number of amides is 7. The van der Waals surface area contributed by atoms with E-state index in [-0.39, 0.29) is 79.0 Å². The van der Waals surface area contributed by atoms with E-state index in [0.29, 0.717) is 44.3 Å². The number of carbonyl (C=O) groups is 7. The zero-order chi connectivity index (χ0) is 65.3. The molecule has 0 saturated heterocycles. The fraction of sp³-hybridized carbons (Fsp3) is 0.475. The van der Waals surface area contributed by atoms with Crippen LogP contribution in [0, 0.1) is 12.8 Å². The summed E-state index contributed by atoms with van der Waals surface area (Å²) in [5, 5.41) is 39.5. The van der Waals surface area contributed by atoms with E-state index < -0.39 is 94.9 Å². The van der Waals surface area contributed by atoms with Gasteiger partial charge in [0, 0.05) is 89.7 Å². The van der Waals surface area contributed by atoms with Gasteiger partial charge in [-0.15, -0.1) is 22.7 Å². The van der Waals surface area contributed by atoms with E-state index in [1.54, 1.807) is 41.9 Å². The Hall–Kier alpha value is -7.39. The number of H-pyrrole nitrogens is 1. The highest BCUT2D eigenvalue weighted by atomic mass is 35.5. The number of fused-ring (bicyclic) bond motifs is 1. The fourth-order valence-electron chi connectivity index (χ4n) is 9.45. The third-order valence-electron chi connectivity index (χ3n) is 14.6. The number of hydrogen-bond acceptors (Lipinski definition) is 21. The van der Waals surface area contributed by atoms with Crippen LogP contribution in [-0.4, -0.2) is 170 Å². The number of aliphatic hydroxyl groups is 1. The Bertz CT molecular complexity index is 3390. The molecule has 0 saturated carbocycles. The molecule has 8 atom stereocenters. The van der Waals surface area contributed by atoms with Crippen LogP contribution >= 0.6 is 34.3 Å². The first kappa shape index (κ1) is 71.7. The number of nitrogen functional groups attached to an aromatic ring is 1. The minimum absolute atomic E-state index is 0.00625. The van der Waals surface area contributed by atoms with Gasteiger partial charge in [0.15, 0.2) is 0 Å². The van der Waals surface area contributed by atoms with E-state index in [0.717, 1.165) is 62.8 Å². The van der Waals surface area contributed by atoms with Crippen molar-refractivity contribution < 1.29 is 42.9 Å². The molecule has 31 heteroatoms. The van der Waals surface area contributed by atoms with Crippen molar-refractivity contribution in [2.45, 2.75) is 108 Å². The number of halogens is 1. The summed E-state index contributed by atoms with van der Waals surface area (Å²) in [7, 11) is -1.36. The third-order valence-corrected chi connectivity index (χ3v) is 17.6. The van der Waals surface area contributed by atoms with E-state index in [9.17, 15) is 42.9 Å². The molecule has 6 rings (SSSR count). The summed E-state index contributed by atoms with van der Waals surface area (Å²) >= 11 is 9.06. The molecular formula is C59H83ClN18O9S3. The molecule has 0 aliphatic carbocycles. The first-order chi connectivity index (χ1) is 43.1. The monoisotopic (exact) mass is 1320 g/mol. The number of aromatic nitrogens is 5. The van der Waals surface area contributed by atoms with E-state index in [4.69, 9.17) is 40.3 Å². The summed E-state index contributed by atoms with van der Waals surface area (Å²) in [4.78, 5) is 116. The van der Waals surface area contributed by atoms with E-state index in [1.165, 1.54) is 42.8 Å². The van der Waals surface area contributed by atoms with Crippen LogP contribution < -0.4 is 71.2 Å². The highest BCUT2D eigenvalue weighted by Crippen LogP contribution is 2.35. The zero-order valence-corrected chi connectivity index (χ0v) is 53.8. The van der Waals surface area contributed by atoms with Crippen LogP contribution in [0.25, 0.3) is 21.6 Å². The van der Waals surface area contributed by atoms with Gasteiger partial charge in [-0.2, -0.15) is 0 Å². The molecule has 2 aromatic carbocycles. The maximum atomic E-state index is 14.9. The van der Waals surface area contributed by atoms with Crippen LogP contribution in [0.5, 0.6) is 0 Å². The Kier molecular flexibility index (Phi) is 29.0. The van der Waals surface area contributed by atoms with Crippen molar-refractivity contribution in [1.29, 1.82) is 0 Å². The molecule has 4 aromatic heterocycles. The summed E-state index contributed by atoms with van der Waals surface area (Å²) in [5.74, 6) is -6.38. The molecule has 6 aromatic rings. The number of anilines is 1. The van der Waals surface area contributed by atoms with Crippen molar-refractivity contribution in [2.24, 2.45) is 28.9 Å². The highest BCUT2D eigenvalue weighted by Gasteiger charge is 2.36. The largest absolute Gasteiger partial charge is 0.390 e. The maximum absolute atomic E-state index is 14.9. The van der Waals surface area contributed by atoms with Crippen LogP contribution in [0.15, 0.2) is 66.2 Å². The second-order valence-electron chi connectivity index (χ2n) is 21.6. The lowest BCUT2D eigenvalue weighted by Gasteiger charge is -2.31. The average molecular weight is 1320 g/mol. The molecule has 0 radical (unpaired) electrons. The molecule has 7 amide bonds. The Morgan fingerprint density at radius 3 is 2.19 bits per heavy atom. The van der Waals surface area contributed by atoms with Gasteiger partial charge in [0.05, 0.1) is 35.2 Å². The summed E-state index contributed by atoms with van der Waals surface area (Å²) in [6.45, 7) is 7.50. The lowest BCUT2D eigenvalue weighted by molar-refractivity contribution is -0.134. The summed E-state index contributed by atoms with van der Waals surface area (Å²) < 4.78 is 12.7. The quantitative estimate of drug-likeness (QED) is 0.0233. The van der Waals surface area contributed by atoms with Crippen LogP contribution in [0.2, 0.25) is 4.34 Å². The van der Waals surface area contributed by atoms with Gasteiger partial charge >= 0.3 is 0 Å². The standard InChI is InChI=1S/C59H83ClN18O9S3/c1-33-47(77-53(78-51(33)64)42(29-45(63)79)71-31-38(62)52(65)81)58(86)74-43(28-36-30-70-39-16-8-7-15-37(36)39)57(85)73-41(27-35-13-5-4-6-14-35)49(80)34(2)54(82)72-40(18-26-90(3)87)55(83)69-25-17-46-76-48(50(60)89-46)59-75-44(32-88-59)56(84)68-24-12-23-67-21-10-9-20-66-22-11-19-61/h4-8,13-16,30,32,34,38,40-43,49,66-67,70-71,80H,9-12,17-29,31,61-62H2,1-3H3,(H2,63,79)(H2,65,81)(H,68,84)(H,69,83)(H,72,82)(H,73,85)(H,74,86)(H2,64,77,78)/t34-,38-,40-,41+,42-,43-,49-,90?/m0/s1. The average Bonchev–Trinajstić information content (AvgIpc) is 2.52. The molecule has 0 aliphatic heterocycles. The van der Waals surface area contributed by atoms with Gasteiger partial charge in [-0.3, -0.25) is 37.8 Å². The van der Waals surface area contributed by atoms with Gasteiger partial charge in [-0.1, -0.05) is 67.1 Å². The number of nitrogens with zero attached hydrogens (tertiary/aromatic N) is 4. The highest BCUT2D eigenvalue weighted by molar-refractivity contribution is 7.84. The van der Waals surface area contributed by atoms with E-state index >= 15 is 0 Å². The number of para-hydroxylation sites is 1. The van der Waals surface area contributed by atoms with Crippen molar-refractivity contribution >= 4 is 103 Å². The Labute approximate surface area is 537 Å². The first-order valence-corrected chi connectivity index (χ1v) is 33.4. The molecular weight excluding hydrogens is 1240 g/mol. The van der Waals surface area contributed by atoms with Crippen molar-refractivity contribution in [3.8, 4) is 10.7 Å². The molecule has 0 bridgehead atoms. The van der Waals surface area contributed by atoms with Crippen molar-refractivity contribution in [3.05, 3.63) is 109 Å². The number of nitrogens with two attached hydrogens (primary N) is 5. The minimum atomic E-state index is -1.61. The van der Waals surface area contributed by atoms with Gasteiger partial charge < -0.3 is 81.3 Å². The topological polar surface area (TPSA) is 450 Å². The Morgan fingerprint density at radius 1 is 0.789 bits per heavy atom. The minimum Gasteiger partial charge on any atom is -0.390 e. The van der Waals surface area contributed by atoms with Crippen LogP contribution in [0.4, 0.5) is 5.82 Å². The summed E-state index contributed by atoms with van der Waals surface area (Å²) in [5.41, 5.74) is 31.2. The second-order valence-corrected chi connectivity index (χ2v) is 25.7. The number of unbranched alkanes of at least 4 members (excludes halogenated alkanes) is 1. The second kappa shape index (κ2) is 36.5. The predicted molar refractivity (Wildman–Crippen MR) is 349 cm³/mol. The van der Waals surface area contributed by atoms with Gasteiger partial charge in [0.25, 0.3) is 11.8 Å². The van der Waals surface area contributed by atoms with Gasteiger partial charge in [-0.05, 0) is 95.4 Å². The number of benzene rings is 2. The van der Waals surface area contributed by atoms with Crippen LogP contribution in [0.3, 0.4) is 0 Å². The molecule has 488 valence electrons. The van der Waals surface area contributed by atoms with E-state index in [1.807, 2.05) is 24.3 Å². The van der Waals surface area contributed by atoms with Crippen LogP contribution in [-0.2, 0) is 54.0 Å². The number of primary amides is 2. The lowest BCUT2D eigenvalue weighted by atomic mass is 9.91. The first-order valence-electron chi connectivity index (χ1n) is 29.6. The predicted octanol–water partition coefficient (Wildman–Crippen LogP) is 0.507. The SMILES string of the molecule is Cc1c(N)nc([C@H](CC(N)=O)NC[C@H](N)C(N)=O)nc1C(=O)N[C@@H](Cc1c[nH]c2ccccc12)C(=O)N[C@H](Cc1ccccc1)[C@@H](O)[C@H](C)C(=O)N[C@@H](CCS(C)=O)C(=O)NCCc1nc(-c2nc(C(=O)NCCCNCCCCNCCCN)cs2)c(Cl)s1. The number of aliphatic hydroxyl groups excluding tert-OH is 1. The number of nitrogens with one attached hydrogen (secondary N) is 9. The Morgan fingerprint density at radius 2 is 1.49 bits per heavy atom. The van der Waals surface area contributed by atoms with Gasteiger partial charge in [0.1, 0.15) is 50.2 Å². The Balaban J connectivity index is 1.12. The van der Waals surface area contributed by atoms with Crippen molar-refractivity contribution in [3.63, 3.8) is 0 Å². The van der Waals surface area contributed by atoms with Gasteiger partial charge in [-0.25, -0.2) is 19.9 Å². The zero-order valence-electron chi connectivity index (χ0n) is 50.6. The van der Waals surface area contributed by atoms with Gasteiger partial charge in [0.2, 0.25) is 29.5 Å². The molecule has 20 N–H and O–H groups in total. The normalized spacial score (nSPS) is 14.1. The summed E-state index contributed by atoms with van der Waals surface area (Å²) in [6.07, 6.45) is 5.14. The number of aromatic amines is 1. The summed E-state index contributed by atoms with van der Waals surface area (Å²) in [6, 6.07) is 10.2. The third kappa shape index (κ3) is 22.2.